The van der Waals surface area contributed by atoms with Crippen LogP contribution in [0, 0.1) is 13.8 Å². The van der Waals surface area contributed by atoms with Crippen molar-refractivity contribution < 1.29 is 19.0 Å². The summed E-state index contributed by atoms with van der Waals surface area (Å²) in [5, 5.41) is 0. The third kappa shape index (κ3) is 3.93. The Morgan fingerprint density at radius 2 is 2.00 bits per heavy atom. The van der Waals surface area contributed by atoms with Crippen molar-refractivity contribution >= 4 is 5.78 Å². The van der Waals surface area contributed by atoms with E-state index in [9.17, 15) is 4.79 Å². The first-order valence-corrected chi connectivity index (χ1v) is 9.93. The van der Waals surface area contributed by atoms with E-state index in [2.05, 4.69) is 9.47 Å². The molecular formula is C22H28N2O4. The molecule has 2 aliphatic rings. The van der Waals surface area contributed by atoms with E-state index >= 15 is 0 Å². The largest absolute Gasteiger partial charge is 0.486 e. The first kappa shape index (κ1) is 19.0. The summed E-state index contributed by atoms with van der Waals surface area (Å²) in [5.41, 5.74) is 2.86. The monoisotopic (exact) mass is 384 g/mol. The minimum absolute atomic E-state index is 0.0808. The molecule has 6 nitrogen and oxygen atoms in total. The van der Waals surface area contributed by atoms with E-state index in [1.54, 1.807) is 0 Å². The Labute approximate surface area is 166 Å². The molecule has 0 amide bonds. The smallest absolute Gasteiger partial charge is 0.178 e. The number of Topliss-reactive ketones (excluding diaryl/α,β-unsaturated/α-hetero) is 1. The number of aryl methyl sites for hydroxylation is 1. The van der Waals surface area contributed by atoms with Gasteiger partial charge in [-0.3, -0.25) is 9.69 Å². The van der Waals surface area contributed by atoms with Crippen LogP contribution in [0.4, 0.5) is 0 Å². The molecule has 6 heteroatoms. The van der Waals surface area contributed by atoms with E-state index in [0.29, 0.717) is 26.3 Å². The van der Waals surface area contributed by atoms with E-state index in [-0.39, 0.29) is 18.0 Å². The summed E-state index contributed by atoms with van der Waals surface area (Å²) in [7, 11) is 0. The van der Waals surface area contributed by atoms with Crippen LogP contribution < -0.4 is 9.47 Å². The summed E-state index contributed by atoms with van der Waals surface area (Å²) in [5.74, 6) is 1.73. The number of morpholine rings is 1. The Bertz CT molecular complexity index is 860. The van der Waals surface area contributed by atoms with Gasteiger partial charge in [0, 0.05) is 30.0 Å². The summed E-state index contributed by atoms with van der Waals surface area (Å²) in [6, 6.07) is 9.73. The molecule has 2 atom stereocenters. The van der Waals surface area contributed by atoms with Crippen molar-refractivity contribution in [3.63, 3.8) is 0 Å². The van der Waals surface area contributed by atoms with E-state index in [1.807, 2.05) is 51.1 Å². The van der Waals surface area contributed by atoms with Crippen molar-refractivity contribution in [2.75, 3.05) is 32.8 Å². The lowest BCUT2D eigenvalue weighted by atomic mass is 10.1. The molecule has 28 heavy (non-hydrogen) atoms. The highest BCUT2D eigenvalue weighted by atomic mass is 16.6. The molecule has 4 rings (SSSR count). The Kier molecular flexibility index (Phi) is 5.42. The molecule has 1 aromatic carbocycles. The Hall–Kier alpha value is -2.31. The SMILES string of the molecule is Cc1cc(C(=O)CN2CCOC(C)C2)c(C)n1CC1COc2ccccc2O1. The highest BCUT2D eigenvalue weighted by molar-refractivity contribution is 5.99. The van der Waals surface area contributed by atoms with E-state index in [4.69, 9.17) is 14.2 Å². The number of hydrogen-bond acceptors (Lipinski definition) is 5. The summed E-state index contributed by atoms with van der Waals surface area (Å²) in [6.45, 7) is 10.0. The number of rotatable bonds is 5. The van der Waals surface area contributed by atoms with Crippen LogP contribution in [0.15, 0.2) is 30.3 Å². The number of aromatic nitrogens is 1. The van der Waals surface area contributed by atoms with Crippen molar-refractivity contribution in [2.24, 2.45) is 0 Å². The zero-order valence-corrected chi connectivity index (χ0v) is 16.8. The van der Waals surface area contributed by atoms with Gasteiger partial charge in [-0.1, -0.05) is 12.1 Å². The van der Waals surface area contributed by atoms with Crippen LogP contribution in [0.5, 0.6) is 11.5 Å². The van der Waals surface area contributed by atoms with Gasteiger partial charge in [0.05, 0.1) is 25.8 Å². The van der Waals surface area contributed by atoms with Gasteiger partial charge < -0.3 is 18.8 Å². The van der Waals surface area contributed by atoms with Gasteiger partial charge in [-0.25, -0.2) is 0 Å². The molecule has 0 bridgehead atoms. The molecule has 0 spiro atoms. The Morgan fingerprint density at radius 1 is 1.21 bits per heavy atom. The number of nitrogens with zero attached hydrogens (tertiary/aromatic N) is 2. The van der Waals surface area contributed by atoms with Crippen LogP contribution in [0.3, 0.4) is 0 Å². The van der Waals surface area contributed by atoms with E-state index in [0.717, 1.165) is 41.5 Å². The van der Waals surface area contributed by atoms with Gasteiger partial charge in [-0.15, -0.1) is 0 Å². The highest BCUT2D eigenvalue weighted by Gasteiger charge is 2.25. The average molecular weight is 384 g/mol. The number of ether oxygens (including phenoxy) is 3. The van der Waals surface area contributed by atoms with Crippen LogP contribution in [0.25, 0.3) is 0 Å². The molecule has 3 heterocycles. The van der Waals surface area contributed by atoms with Crippen LogP contribution in [-0.2, 0) is 11.3 Å². The predicted molar refractivity (Wildman–Crippen MR) is 106 cm³/mol. The second-order valence-electron chi connectivity index (χ2n) is 7.73. The Morgan fingerprint density at radius 3 is 2.79 bits per heavy atom. The first-order chi connectivity index (χ1) is 13.5. The maximum atomic E-state index is 12.9. The van der Waals surface area contributed by atoms with Crippen molar-refractivity contribution in [2.45, 2.75) is 39.5 Å². The first-order valence-electron chi connectivity index (χ1n) is 9.93. The summed E-state index contributed by atoms with van der Waals surface area (Å²) in [4.78, 5) is 15.1. The standard InChI is InChI=1S/C22H28N2O4/c1-15-10-19(20(25)13-23-8-9-26-16(2)11-23)17(3)24(15)12-18-14-27-21-6-4-5-7-22(21)28-18/h4-7,10,16,18H,8-9,11-14H2,1-3H3. The number of ketones is 1. The number of para-hydroxylation sites is 2. The zero-order valence-electron chi connectivity index (χ0n) is 16.8. The second kappa shape index (κ2) is 7.97. The van der Waals surface area contributed by atoms with E-state index in [1.165, 1.54) is 0 Å². The van der Waals surface area contributed by atoms with Gasteiger partial charge in [-0.05, 0) is 39.0 Å². The topological polar surface area (TPSA) is 52.9 Å². The van der Waals surface area contributed by atoms with Gasteiger partial charge in [-0.2, -0.15) is 0 Å². The normalized spacial score (nSPS) is 22.2. The van der Waals surface area contributed by atoms with Crippen molar-refractivity contribution in [1.82, 2.24) is 9.47 Å². The zero-order chi connectivity index (χ0) is 19.7. The minimum atomic E-state index is -0.0808. The molecule has 1 saturated heterocycles. The van der Waals surface area contributed by atoms with Gasteiger partial charge >= 0.3 is 0 Å². The quantitative estimate of drug-likeness (QED) is 0.742. The summed E-state index contributed by atoms with van der Waals surface area (Å²) >= 11 is 0. The molecule has 1 fully saturated rings. The summed E-state index contributed by atoms with van der Waals surface area (Å²) in [6.07, 6.45) is 0.100. The fourth-order valence-corrected chi connectivity index (χ4v) is 4.04. The number of fused-ring (bicyclic) bond motifs is 1. The average Bonchev–Trinajstić information content (AvgIpc) is 2.96. The predicted octanol–water partition coefficient (Wildman–Crippen LogP) is 2.85. The molecule has 2 aliphatic heterocycles. The van der Waals surface area contributed by atoms with Gasteiger partial charge in [0.1, 0.15) is 6.61 Å². The van der Waals surface area contributed by atoms with Gasteiger partial charge in [0.25, 0.3) is 0 Å². The van der Waals surface area contributed by atoms with Crippen LogP contribution in [0.1, 0.15) is 28.7 Å². The van der Waals surface area contributed by atoms with Crippen molar-refractivity contribution in [3.05, 3.63) is 47.3 Å². The summed E-state index contributed by atoms with van der Waals surface area (Å²) < 4.78 is 19.7. The molecule has 1 aromatic heterocycles. The minimum Gasteiger partial charge on any atom is -0.486 e. The number of benzene rings is 1. The van der Waals surface area contributed by atoms with Crippen molar-refractivity contribution in [3.8, 4) is 11.5 Å². The lowest BCUT2D eigenvalue weighted by molar-refractivity contribution is -0.0158. The van der Waals surface area contributed by atoms with Crippen LogP contribution in [-0.4, -0.2) is 60.3 Å². The second-order valence-corrected chi connectivity index (χ2v) is 7.73. The third-order valence-corrected chi connectivity index (χ3v) is 5.52. The molecule has 2 aromatic rings. The fraction of sp³-hybridized carbons (Fsp3) is 0.500. The molecule has 0 aliphatic carbocycles. The lowest BCUT2D eigenvalue weighted by Gasteiger charge is -2.30. The molecule has 0 radical (unpaired) electrons. The fourth-order valence-electron chi connectivity index (χ4n) is 4.04. The molecular weight excluding hydrogens is 356 g/mol. The number of carbonyl (C=O) groups is 1. The van der Waals surface area contributed by atoms with E-state index < -0.39 is 0 Å². The van der Waals surface area contributed by atoms with Crippen LogP contribution >= 0.6 is 0 Å². The van der Waals surface area contributed by atoms with Gasteiger partial charge in [0.2, 0.25) is 0 Å². The molecule has 2 unspecified atom stereocenters. The maximum Gasteiger partial charge on any atom is 0.178 e. The maximum absolute atomic E-state index is 12.9. The number of carbonyl (C=O) groups excluding carboxylic acids is 1. The van der Waals surface area contributed by atoms with Crippen LogP contribution in [0.2, 0.25) is 0 Å². The van der Waals surface area contributed by atoms with Gasteiger partial charge in [0.15, 0.2) is 23.4 Å². The molecule has 150 valence electrons. The van der Waals surface area contributed by atoms with Crippen molar-refractivity contribution in [1.29, 1.82) is 0 Å². The molecule has 0 saturated carbocycles. The Balaban J connectivity index is 1.45. The third-order valence-electron chi connectivity index (χ3n) is 5.52. The lowest BCUT2D eigenvalue weighted by Crippen LogP contribution is -2.43. The highest BCUT2D eigenvalue weighted by Crippen LogP contribution is 2.31. The number of hydrogen-bond donors (Lipinski definition) is 0. The molecule has 0 N–H and O–H groups in total.